The summed E-state index contributed by atoms with van der Waals surface area (Å²) in [5, 5.41) is 3.25. The predicted octanol–water partition coefficient (Wildman–Crippen LogP) is 4.17. The van der Waals surface area contributed by atoms with Crippen LogP contribution in [0.4, 0.5) is 11.4 Å². The number of anilines is 2. The topological polar surface area (TPSA) is 47.6 Å². The number of benzene rings is 2. The van der Waals surface area contributed by atoms with Gasteiger partial charge in [0.2, 0.25) is 0 Å². The van der Waals surface area contributed by atoms with Gasteiger partial charge in [0.25, 0.3) is 0 Å². The fraction of sp³-hybridized carbons (Fsp3) is 0.167. The Labute approximate surface area is 130 Å². The average Bonchev–Trinajstić information content (AvgIpc) is 2.55. The van der Waals surface area contributed by atoms with Gasteiger partial charge in [-0.25, -0.2) is 4.79 Å². The molecule has 0 fully saturated rings. The molecule has 1 N–H and O–H groups in total. The van der Waals surface area contributed by atoms with Crippen LogP contribution in [0.5, 0.6) is 5.75 Å². The normalized spacial score (nSPS) is 9.86. The van der Waals surface area contributed by atoms with Crippen molar-refractivity contribution in [2.24, 2.45) is 0 Å². The fourth-order valence-corrected chi connectivity index (χ4v) is 1.92. The van der Waals surface area contributed by atoms with Crippen molar-refractivity contribution in [3.8, 4) is 5.75 Å². The molecule has 0 bridgehead atoms. The third kappa shape index (κ3) is 4.12. The SMILES string of the molecule is C=CCOc1ccc(C(=O)OCC)cc1Nc1ccccc1. The van der Waals surface area contributed by atoms with Crippen LogP contribution in [0.1, 0.15) is 17.3 Å². The van der Waals surface area contributed by atoms with Gasteiger partial charge in [0.05, 0.1) is 17.9 Å². The highest BCUT2D eigenvalue weighted by Gasteiger charge is 2.11. The summed E-state index contributed by atoms with van der Waals surface area (Å²) in [7, 11) is 0. The van der Waals surface area contributed by atoms with Gasteiger partial charge in [0.15, 0.2) is 0 Å². The van der Waals surface area contributed by atoms with E-state index in [-0.39, 0.29) is 5.97 Å². The Hall–Kier alpha value is -2.75. The Morgan fingerprint density at radius 2 is 2.00 bits per heavy atom. The van der Waals surface area contributed by atoms with Gasteiger partial charge < -0.3 is 14.8 Å². The molecule has 114 valence electrons. The first-order valence-electron chi connectivity index (χ1n) is 7.11. The Kier molecular flexibility index (Phi) is 5.60. The number of rotatable bonds is 7. The first-order chi connectivity index (χ1) is 10.7. The number of ether oxygens (including phenoxy) is 2. The molecule has 0 aliphatic rings. The zero-order valence-corrected chi connectivity index (χ0v) is 12.5. The van der Waals surface area contributed by atoms with Crippen LogP contribution in [0.15, 0.2) is 61.2 Å². The zero-order chi connectivity index (χ0) is 15.8. The van der Waals surface area contributed by atoms with Crippen molar-refractivity contribution in [3.05, 3.63) is 66.7 Å². The average molecular weight is 297 g/mol. The Morgan fingerprint density at radius 1 is 1.23 bits per heavy atom. The molecule has 4 heteroatoms. The van der Waals surface area contributed by atoms with Crippen LogP contribution in [0.3, 0.4) is 0 Å². The van der Waals surface area contributed by atoms with E-state index >= 15 is 0 Å². The van der Waals surface area contributed by atoms with Gasteiger partial charge in [0, 0.05) is 5.69 Å². The summed E-state index contributed by atoms with van der Waals surface area (Å²) in [6.07, 6.45) is 1.67. The second kappa shape index (κ2) is 7.88. The molecule has 2 rings (SSSR count). The van der Waals surface area contributed by atoms with E-state index in [0.717, 1.165) is 5.69 Å². The minimum Gasteiger partial charge on any atom is -0.487 e. The van der Waals surface area contributed by atoms with E-state index in [0.29, 0.717) is 30.2 Å². The lowest BCUT2D eigenvalue weighted by Crippen LogP contribution is -2.06. The summed E-state index contributed by atoms with van der Waals surface area (Å²) in [5.74, 6) is 0.297. The van der Waals surface area contributed by atoms with Gasteiger partial charge in [-0.1, -0.05) is 30.9 Å². The minimum atomic E-state index is -0.353. The molecule has 0 spiro atoms. The van der Waals surface area contributed by atoms with Crippen molar-refractivity contribution < 1.29 is 14.3 Å². The molecule has 0 radical (unpaired) electrons. The van der Waals surface area contributed by atoms with Gasteiger partial charge in [-0.3, -0.25) is 0 Å². The zero-order valence-electron chi connectivity index (χ0n) is 12.5. The summed E-state index contributed by atoms with van der Waals surface area (Å²) < 4.78 is 10.7. The van der Waals surface area contributed by atoms with Gasteiger partial charge in [-0.2, -0.15) is 0 Å². The minimum absolute atomic E-state index is 0.342. The van der Waals surface area contributed by atoms with Crippen molar-refractivity contribution in [2.45, 2.75) is 6.92 Å². The van der Waals surface area contributed by atoms with Crippen LogP contribution in [0, 0.1) is 0 Å². The number of carbonyl (C=O) groups is 1. The van der Waals surface area contributed by atoms with E-state index < -0.39 is 0 Å². The van der Waals surface area contributed by atoms with Crippen LogP contribution < -0.4 is 10.1 Å². The first-order valence-corrected chi connectivity index (χ1v) is 7.11. The van der Waals surface area contributed by atoms with Crippen LogP contribution >= 0.6 is 0 Å². The van der Waals surface area contributed by atoms with Crippen molar-refractivity contribution in [1.82, 2.24) is 0 Å². The van der Waals surface area contributed by atoms with Gasteiger partial charge in [-0.05, 0) is 37.3 Å². The second-order valence-corrected chi connectivity index (χ2v) is 4.52. The Balaban J connectivity index is 2.30. The number of carbonyl (C=O) groups excluding carboxylic acids is 1. The van der Waals surface area contributed by atoms with Crippen molar-refractivity contribution in [3.63, 3.8) is 0 Å². The van der Waals surface area contributed by atoms with E-state index in [2.05, 4.69) is 11.9 Å². The molecule has 0 saturated heterocycles. The molecular formula is C18H19NO3. The highest BCUT2D eigenvalue weighted by atomic mass is 16.5. The predicted molar refractivity (Wildman–Crippen MR) is 87.8 cm³/mol. The number of nitrogens with one attached hydrogen (secondary N) is 1. The molecule has 0 saturated carbocycles. The Morgan fingerprint density at radius 3 is 2.68 bits per heavy atom. The first kappa shape index (κ1) is 15.6. The van der Waals surface area contributed by atoms with Crippen LogP contribution in [0.2, 0.25) is 0 Å². The monoisotopic (exact) mass is 297 g/mol. The number of esters is 1. The summed E-state index contributed by atoms with van der Waals surface area (Å²) in [6, 6.07) is 14.8. The van der Waals surface area contributed by atoms with E-state index in [1.54, 1.807) is 31.2 Å². The number of para-hydroxylation sites is 1. The van der Waals surface area contributed by atoms with Gasteiger partial charge in [-0.15, -0.1) is 0 Å². The lowest BCUT2D eigenvalue weighted by molar-refractivity contribution is 0.0526. The molecule has 0 aromatic heterocycles. The third-order valence-corrected chi connectivity index (χ3v) is 2.90. The van der Waals surface area contributed by atoms with E-state index in [4.69, 9.17) is 9.47 Å². The lowest BCUT2D eigenvalue weighted by atomic mass is 10.1. The van der Waals surface area contributed by atoms with Crippen molar-refractivity contribution in [2.75, 3.05) is 18.5 Å². The quantitative estimate of drug-likeness (QED) is 0.615. The molecule has 0 aliphatic heterocycles. The second-order valence-electron chi connectivity index (χ2n) is 4.52. The molecule has 0 heterocycles. The fourth-order valence-electron chi connectivity index (χ4n) is 1.92. The van der Waals surface area contributed by atoms with Crippen LogP contribution in [-0.2, 0) is 4.74 Å². The molecule has 2 aromatic rings. The lowest BCUT2D eigenvalue weighted by Gasteiger charge is -2.14. The summed E-state index contributed by atoms with van der Waals surface area (Å²) in [4.78, 5) is 11.9. The third-order valence-electron chi connectivity index (χ3n) is 2.90. The van der Waals surface area contributed by atoms with Gasteiger partial charge >= 0.3 is 5.97 Å². The standard InChI is InChI=1S/C18H19NO3/c1-3-12-22-17-11-10-14(18(20)21-4-2)13-16(17)19-15-8-6-5-7-9-15/h3,5-11,13,19H,1,4,12H2,2H3. The maximum Gasteiger partial charge on any atom is 0.338 e. The van der Waals surface area contributed by atoms with E-state index in [9.17, 15) is 4.79 Å². The molecule has 2 aromatic carbocycles. The molecule has 22 heavy (non-hydrogen) atoms. The highest BCUT2D eigenvalue weighted by Crippen LogP contribution is 2.29. The maximum absolute atomic E-state index is 11.9. The van der Waals surface area contributed by atoms with Crippen LogP contribution in [0.25, 0.3) is 0 Å². The molecule has 0 aliphatic carbocycles. The summed E-state index contributed by atoms with van der Waals surface area (Å²) in [5.41, 5.74) is 2.09. The van der Waals surface area contributed by atoms with E-state index in [1.165, 1.54) is 0 Å². The number of hydrogen-bond acceptors (Lipinski definition) is 4. The van der Waals surface area contributed by atoms with Crippen molar-refractivity contribution in [1.29, 1.82) is 0 Å². The maximum atomic E-state index is 11.9. The molecule has 0 unspecified atom stereocenters. The Bertz CT molecular complexity index is 638. The molecular weight excluding hydrogens is 278 g/mol. The highest BCUT2D eigenvalue weighted by molar-refractivity contribution is 5.91. The molecule has 4 nitrogen and oxygen atoms in total. The van der Waals surface area contributed by atoms with Crippen LogP contribution in [-0.4, -0.2) is 19.2 Å². The van der Waals surface area contributed by atoms with Gasteiger partial charge in [0.1, 0.15) is 12.4 Å². The smallest absolute Gasteiger partial charge is 0.338 e. The van der Waals surface area contributed by atoms with E-state index in [1.807, 2.05) is 30.3 Å². The summed E-state index contributed by atoms with van der Waals surface area (Å²) in [6.45, 7) is 6.15. The molecule has 0 atom stereocenters. The number of hydrogen-bond donors (Lipinski definition) is 1. The largest absolute Gasteiger partial charge is 0.487 e. The molecule has 0 amide bonds. The van der Waals surface area contributed by atoms with Crippen molar-refractivity contribution >= 4 is 17.3 Å². The summed E-state index contributed by atoms with van der Waals surface area (Å²) >= 11 is 0.